The number of halogens is 1. The van der Waals surface area contributed by atoms with Crippen LogP contribution in [0.1, 0.15) is 12.0 Å². The van der Waals surface area contributed by atoms with Gasteiger partial charge in [0.1, 0.15) is 5.75 Å². The number of benzene rings is 1. The molecule has 0 saturated carbocycles. The Bertz CT molecular complexity index is 403. The molecule has 4 heteroatoms. The molecule has 0 bridgehead atoms. The highest BCUT2D eigenvalue weighted by molar-refractivity contribution is 9.10. The Labute approximate surface area is 90.5 Å². The number of fused-ring (bicyclic) bond motifs is 1. The van der Waals surface area contributed by atoms with Gasteiger partial charge in [-0.05, 0) is 40.0 Å². The van der Waals surface area contributed by atoms with E-state index < -0.39 is 0 Å². The SMILES string of the molecule is CN1C(=O)CCc2cc(O)cc(Br)c21. The lowest BCUT2D eigenvalue weighted by Gasteiger charge is -2.26. The van der Waals surface area contributed by atoms with Crippen molar-refractivity contribution < 1.29 is 9.90 Å². The first kappa shape index (κ1) is 9.52. The monoisotopic (exact) mass is 255 g/mol. The molecule has 0 aromatic heterocycles. The number of hydrogen-bond donors (Lipinski definition) is 1. The van der Waals surface area contributed by atoms with Crippen molar-refractivity contribution in [2.45, 2.75) is 12.8 Å². The van der Waals surface area contributed by atoms with Crippen LogP contribution in [0.2, 0.25) is 0 Å². The molecule has 0 unspecified atom stereocenters. The number of rotatable bonds is 0. The van der Waals surface area contributed by atoms with Crippen LogP contribution in [-0.4, -0.2) is 18.1 Å². The fraction of sp³-hybridized carbons (Fsp3) is 0.300. The van der Waals surface area contributed by atoms with Crippen molar-refractivity contribution in [2.75, 3.05) is 11.9 Å². The molecule has 1 heterocycles. The number of phenolic OH excluding ortho intramolecular Hbond substituents is 1. The van der Waals surface area contributed by atoms with E-state index >= 15 is 0 Å². The van der Waals surface area contributed by atoms with Gasteiger partial charge in [-0.1, -0.05) is 0 Å². The average Bonchev–Trinajstić information content (AvgIpc) is 2.10. The summed E-state index contributed by atoms with van der Waals surface area (Å²) in [6, 6.07) is 3.32. The van der Waals surface area contributed by atoms with Crippen molar-refractivity contribution in [3.8, 4) is 5.75 Å². The summed E-state index contributed by atoms with van der Waals surface area (Å²) in [5, 5.41) is 9.39. The molecular weight excluding hydrogens is 246 g/mol. The third-order valence-electron chi connectivity index (χ3n) is 2.44. The number of carbonyl (C=O) groups excluding carboxylic acids is 1. The number of nitrogens with zero attached hydrogens (tertiary/aromatic N) is 1. The van der Waals surface area contributed by atoms with E-state index in [1.54, 1.807) is 24.1 Å². The van der Waals surface area contributed by atoms with E-state index in [4.69, 9.17) is 0 Å². The van der Waals surface area contributed by atoms with E-state index in [-0.39, 0.29) is 11.7 Å². The van der Waals surface area contributed by atoms with Crippen molar-refractivity contribution in [1.82, 2.24) is 0 Å². The largest absolute Gasteiger partial charge is 0.508 e. The maximum absolute atomic E-state index is 11.4. The number of aromatic hydroxyl groups is 1. The zero-order chi connectivity index (χ0) is 10.3. The van der Waals surface area contributed by atoms with Crippen LogP contribution in [0.25, 0.3) is 0 Å². The van der Waals surface area contributed by atoms with Gasteiger partial charge in [-0.2, -0.15) is 0 Å². The lowest BCUT2D eigenvalue weighted by molar-refractivity contribution is -0.118. The van der Waals surface area contributed by atoms with Gasteiger partial charge in [0, 0.05) is 17.9 Å². The second-order valence-electron chi connectivity index (χ2n) is 3.39. The zero-order valence-electron chi connectivity index (χ0n) is 7.75. The fourth-order valence-corrected chi connectivity index (χ4v) is 2.50. The van der Waals surface area contributed by atoms with Gasteiger partial charge in [-0.25, -0.2) is 0 Å². The predicted octanol–water partition coefficient (Wildman–Crippen LogP) is 2.06. The van der Waals surface area contributed by atoms with Crippen LogP contribution >= 0.6 is 15.9 Å². The molecule has 1 aliphatic heterocycles. The minimum absolute atomic E-state index is 0.115. The number of carbonyl (C=O) groups is 1. The first-order valence-corrected chi connectivity index (χ1v) is 5.17. The summed E-state index contributed by atoms with van der Waals surface area (Å²) in [4.78, 5) is 13.1. The molecule has 1 N–H and O–H groups in total. The molecule has 14 heavy (non-hydrogen) atoms. The number of aryl methyl sites for hydroxylation is 1. The Hall–Kier alpha value is -1.03. The third-order valence-corrected chi connectivity index (χ3v) is 3.05. The molecule has 0 radical (unpaired) electrons. The van der Waals surface area contributed by atoms with Crippen molar-refractivity contribution in [2.24, 2.45) is 0 Å². The van der Waals surface area contributed by atoms with E-state index in [1.165, 1.54) is 0 Å². The van der Waals surface area contributed by atoms with Crippen LogP contribution in [0, 0.1) is 0 Å². The van der Waals surface area contributed by atoms with Gasteiger partial charge >= 0.3 is 0 Å². The molecule has 0 spiro atoms. The first-order valence-electron chi connectivity index (χ1n) is 4.37. The molecule has 0 atom stereocenters. The molecule has 1 aromatic rings. The highest BCUT2D eigenvalue weighted by atomic mass is 79.9. The molecule has 1 amide bonds. The van der Waals surface area contributed by atoms with Gasteiger partial charge in [-0.3, -0.25) is 4.79 Å². The number of phenols is 1. The van der Waals surface area contributed by atoms with Crippen molar-refractivity contribution in [3.05, 3.63) is 22.2 Å². The van der Waals surface area contributed by atoms with E-state index in [0.717, 1.165) is 15.7 Å². The maximum Gasteiger partial charge on any atom is 0.227 e. The van der Waals surface area contributed by atoms with Crippen LogP contribution in [0.4, 0.5) is 5.69 Å². The van der Waals surface area contributed by atoms with E-state index in [1.807, 2.05) is 0 Å². The van der Waals surface area contributed by atoms with Crippen molar-refractivity contribution in [3.63, 3.8) is 0 Å². The number of amides is 1. The first-order chi connectivity index (χ1) is 6.59. The molecule has 74 valence electrons. The minimum Gasteiger partial charge on any atom is -0.508 e. The highest BCUT2D eigenvalue weighted by Crippen LogP contribution is 2.36. The molecule has 0 fully saturated rings. The topological polar surface area (TPSA) is 40.5 Å². The van der Waals surface area contributed by atoms with E-state index in [0.29, 0.717) is 12.8 Å². The molecule has 0 saturated heterocycles. The number of anilines is 1. The Morgan fingerprint density at radius 3 is 2.86 bits per heavy atom. The van der Waals surface area contributed by atoms with E-state index in [9.17, 15) is 9.90 Å². The Morgan fingerprint density at radius 2 is 2.14 bits per heavy atom. The summed E-state index contributed by atoms with van der Waals surface area (Å²) in [5.74, 6) is 0.349. The number of hydrogen-bond acceptors (Lipinski definition) is 2. The Kier molecular flexibility index (Phi) is 2.23. The molecule has 2 rings (SSSR count). The quantitative estimate of drug-likeness (QED) is 0.771. The van der Waals surface area contributed by atoms with Gasteiger partial charge in [0.15, 0.2) is 0 Å². The molecule has 0 aliphatic carbocycles. The predicted molar refractivity (Wildman–Crippen MR) is 57.5 cm³/mol. The van der Waals surface area contributed by atoms with Crippen LogP contribution in [0.3, 0.4) is 0 Å². The fourth-order valence-electron chi connectivity index (χ4n) is 1.74. The van der Waals surface area contributed by atoms with Crippen LogP contribution in [-0.2, 0) is 11.2 Å². The molecule has 1 aromatic carbocycles. The van der Waals surface area contributed by atoms with Gasteiger partial charge in [0.25, 0.3) is 0 Å². The Balaban J connectivity index is 2.60. The second kappa shape index (κ2) is 3.28. The van der Waals surface area contributed by atoms with Crippen LogP contribution < -0.4 is 4.90 Å². The molecule has 1 aliphatic rings. The lowest BCUT2D eigenvalue weighted by Crippen LogP contribution is -2.31. The van der Waals surface area contributed by atoms with Crippen LogP contribution in [0.15, 0.2) is 16.6 Å². The second-order valence-corrected chi connectivity index (χ2v) is 4.24. The van der Waals surface area contributed by atoms with Crippen molar-refractivity contribution in [1.29, 1.82) is 0 Å². The summed E-state index contributed by atoms with van der Waals surface area (Å²) >= 11 is 3.35. The summed E-state index contributed by atoms with van der Waals surface area (Å²) < 4.78 is 0.767. The van der Waals surface area contributed by atoms with Gasteiger partial charge in [0.2, 0.25) is 5.91 Å². The third kappa shape index (κ3) is 1.39. The summed E-state index contributed by atoms with van der Waals surface area (Å²) in [5.41, 5.74) is 1.89. The normalized spacial score (nSPS) is 15.6. The highest BCUT2D eigenvalue weighted by Gasteiger charge is 2.23. The summed E-state index contributed by atoms with van der Waals surface area (Å²) in [6.45, 7) is 0. The average molecular weight is 256 g/mol. The van der Waals surface area contributed by atoms with Crippen molar-refractivity contribution >= 4 is 27.5 Å². The minimum atomic E-state index is 0.115. The lowest BCUT2D eigenvalue weighted by atomic mass is 10.0. The Morgan fingerprint density at radius 1 is 1.43 bits per heavy atom. The standard InChI is InChI=1S/C10H10BrNO2/c1-12-9(14)3-2-6-4-7(13)5-8(11)10(6)12/h4-5,13H,2-3H2,1H3. The van der Waals surface area contributed by atoms with Gasteiger partial charge in [-0.15, -0.1) is 0 Å². The zero-order valence-corrected chi connectivity index (χ0v) is 9.34. The van der Waals surface area contributed by atoms with Gasteiger partial charge in [0.05, 0.1) is 5.69 Å². The molecule has 3 nitrogen and oxygen atoms in total. The van der Waals surface area contributed by atoms with Crippen LogP contribution in [0.5, 0.6) is 5.75 Å². The smallest absolute Gasteiger partial charge is 0.227 e. The summed E-state index contributed by atoms with van der Waals surface area (Å²) in [6.07, 6.45) is 1.21. The maximum atomic E-state index is 11.4. The van der Waals surface area contributed by atoms with Gasteiger partial charge < -0.3 is 10.0 Å². The van der Waals surface area contributed by atoms with E-state index in [2.05, 4.69) is 15.9 Å². The molecular formula is C10H10BrNO2. The summed E-state index contributed by atoms with van der Waals surface area (Å²) in [7, 11) is 1.75.